The summed E-state index contributed by atoms with van der Waals surface area (Å²) in [7, 11) is 0. The van der Waals surface area contributed by atoms with E-state index in [1.807, 2.05) is 18.2 Å². The van der Waals surface area contributed by atoms with Crippen molar-refractivity contribution in [3.8, 4) is 11.5 Å². The van der Waals surface area contributed by atoms with E-state index in [2.05, 4.69) is 29.4 Å². The van der Waals surface area contributed by atoms with Crippen LogP contribution in [-0.2, 0) is 4.79 Å². The van der Waals surface area contributed by atoms with E-state index in [0.29, 0.717) is 16.8 Å². The van der Waals surface area contributed by atoms with E-state index < -0.39 is 0 Å². The maximum absolute atomic E-state index is 12.0. The summed E-state index contributed by atoms with van der Waals surface area (Å²) < 4.78 is 10.6. The average molecular weight is 345 g/mol. The molecule has 3 rings (SSSR count). The highest BCUT2D eigenvalue weighted by Gasteiger charge is 2.14. The first kappa shape index (κ1) is 16.4. The Balaban J connectivity index is 1.61. The number of rotatable bonds is 6. The molecule has 24 heavy (non-hydrogen) atoms. The lowest BCUT2D eigenvalue weighted by molar-refractivity contribution is -0.111. The van der Waals surface area contributed by atoms with Gasteiger partial charge in [0.25, 0.3) is 0 Å². The average Bonchev–Trinajstić information content (AvgIpc) is 3.23. The molecule has 0 aliphatic carbocycles. The number of nitrogens with zero attached hydrogens (tertiary/aromatic N) is 2. The number of amides is 1. The molecule has 0 saturated heterocycles. The summed E-state index contributed by atoms with van der Waals surface area (Å²) in [4.78, 5) is 12.0. The van der Waals surface area contributed by atoms with Gasteiger partial charge in [-0.1, -0.05) is 31.3 Å². The molecule has 0 unspecified atom stereocenters. The first-order valence-corrected chi connectivity index (χ1v) is 8.73. The Morgan fingerprint density at radius 1 is 1.29 bits per heavy atom. The number of anilines is 1. The van der Waals surface area contributed by atoms with Crippen molar-refractivity contribution in [1.29, 1.82) is 0 Å². The third-order valence-electron chi connectivity index (χ3n) is 3.83. The van der Waals surface area contributed by atoms with Gasteiger partial charge in [0.05, 0.1) is 0 Å². The normalized spacial score (nSPS) is 13.0. The number of hydrogen-bond donors (Lipinski definition) is 1. The van der Waals surface area contributed by atoms with Crippen LogP contribution in [0.15, 0.2) is 24.3 Å². The van der Waals surface area contributed by atoms with Crippen LogP contribution in [-0.4, -0.2) is 22.9 Å². The van der Waals surface area contributed by atoms with Gasteiger partial charge in [-0.3, -0.25) is 10.1 Å². The van der Waals surface area contributed by atoms with E-state index in [1.165, 1.54) is 17.4 Å². The Bertz CT molecular complexity index is 753. The fourth-order valence-corrected chi connectivity index (χ4v) is 3.44. The van der Waals surface area contributed by atoms with Gasteiger partial charge < -0.3 is 9.47 Å². The molecule has 1 aliphatic heterocycles. The molecule has 0 saturated carbocycles. The molecule has 6 nitrogen and oxygen atoms in total. The number of carbonyl (C=O) groups excluding carboxylic acids is 1. The second kappa shape index (κ2) is 7.44. The van der Waals surface area contributed by atoms with Crippen molar-refractivity contribution in [1.82, 2.24) is 10.2 Å². The smallest absolute Gasteiger partial charge is 0.250 e. The Hall–Kier alpha value is -2.41. The summed E-state index contributed by atoms with van der Waals surface area (Å²) >= 11 is 1.43. The van der Waals surface area contributed by atoms with Gasteiger partial charge in [0.2, 0.25) is 17.8 Å². The molecular weight excluding hydrogens is 326 g/mol. The van der Waals surface area contributed by atoms with Gasteiger partial charge in [-0.05, 0) is 36.6 Å². The molecule has 0 atom stereocenters. The Morgan fingerprint density at radius 3 is 2.88 bits per heavy atom. The third kappa shape index (κ3) is 3.73. The second-order valence-electron chi connectivity index (χ2n) is 5.39. The molecule has 7 heteroatoms. The van der Waals surface area contributed by atoms with Gasteiger partial charge in [0, 0.05) is 12.0 Å². The van der Waals surface area contributed by atoms with Crippen molar-refractivity contribution >= 4 is 28.5 Å². The molecule has 2 aromatic rings. The molecule has 1 aromatic carbocycles. The number of carbonyl (C=O) groups is 1. The van der Waals surface area contributed by atoms with Crippen LogP contribution in [0.1, 0.15) is 43.2 Å². The van der Waals surface area contributed by atoms with E-state index >= 15 is 0 Å². The molecule has 0 fully saturated rings. The first-order chi connectivity index (χ1) is 11.7. The molecular formula is C17H19N3O3S. The molecule has 1 amide bonds. The van der Waals surface area contributed by atoms with Crippen molar-refractivity contribution in [2.75, 3.05) is 12.1 Å². The minimum absolute atomic E-state index is 0.235. The third-order valence-corrected chi connectivity index (χ3v) is 4.83. The van der Waals surface area contributed by atoms with Gasteiger partial charge in [-0.25, -0.2) is 0 Å². The van der Waals surface area contributed by atoms with Crippen LogP contribution in [0, 0.1) is 0 Å². The van der Waals surface area contributed by atoms with Crippen LogP contribution < -0.4 is 14.8 Å². The van der Waals surface area contributed by atoms with E-state index in [1.54, 1.807) is 6.08 Å². The number of benzene rings is 1. The summed E-state index contributed by atoms with van der Waals surface area (Å²) in [5.74, 6) is 1.58. The van der Waals surface area contributed by atoms with E-state index in [9.17, 15) is 4.79 Å². The predicted molar refractivity (Wildman–Crippen MR) is 93.5 cm³/mol. The van der Waals surface area contributed by atoms with Gasteiger partial charge in [0.15, 0.2) is 11.5 Å². The summed E-state index contributed by atoms with van der Waals surface area (Å²) in [6.07, 6.45) is 5.22. The zero-order valence-electron chi connectivity index (χ0n) is 13.6. The maximum Gasteiger partial charge on any atom is 0.250 e. The van der Waals surface area contributed by atoms with Crippen molar-refractivity contribution < 1.29 is 14.3 Å². The summed E-state index contributed by atoms with van der Waals surface area (Å²) in [6, 6.07) is 5.53. The number of fused-ring (bicyclic) bond motifs is 1. The quantitative estimate of drug-likeness (QED) is 0.806. The lowest BCUT2D eigenvalue weighted by Crippen LogP contribution is -2.07. The lowest BCUT2D eigenvalue weighted by atomic mass is 10.1. The van der Waals surface area contributed by atoms with Crippen molar-refractivity contribution in [2.45, 2.75) is 32.6 Å². The molecule has 0 spiro atoms. The van der Waals surface area contributed by atoms with Gasteiger partial charge in [-0.2, -0.15) is 0 Å². The monoisotopic (exact) mass is 345 g/mol. The predicted octanol–water partition coefficient (Wildman–Crippen LogP) is 3.82. The highest BCUT2D eigenvalue weighted by Crippen LogP contribution is 2.33. The molecule has 0 radical (unpaired) electrons. The van der Waals surface area contributed by atoms with Crippen LogP contribution in [0.3, 0.4) is 0 Å². The fraction of sp³-hybridized carbons (Fsp3) is 0.353. The van der Waals surface area contributed by atoms with Crippen molar-refractivity contribution in [3.63, 3.8) is 0 Å². The van der Waals surface area contributed by atoms with E-state index in [-0.39, 0.29) is 12.7 Å². The Kier molecular flexibility index (Phi) is 5.10. The molecule has 0 bridgehead atoms. The number of aromatic nitrogens is 2. The molecule has 1 aliphatic rings. The van der Waals surface area contributed by atoms with Crippen LogP contribution in [0.2, 0.25) is 0 Å². The number of ether oxygens (including phenoxy) is 2. The fourth-order valence-electron chi connectivity index (χ4n) is 2.42. The minimum atomic E-state index is -0.236. The number of nitrogens with one attached hydrogen (secondary N) is 1. The lowest BCUT2D eigenvalue weighted by Gasteiger charge is -2.05. The van der Waals surface area contributed by atoms with Crippen LogP contribution in [0.4, 0.5) is 5.13 Å². The number of hydrogen-bond acceptors (Lipinski definition) is 6. The van der Waals surface area contributed by atoms with E-state index in [4.69, 9.17) is 9.47 Å². The highest BCUT2D eigenvalue weighted by atomic mass is 32.1. The summed E-state index contributed by atoms with van der Waals surface area (Å²) in [6.45, 7) is 4.49. The summed E-state index contributed by atoms with van der Waals surface area (Å²) in [5, 5.41) is 12.5. The standard InChI is InChI=1S/C17H19N3O3S/c1-3-12(4-2)16-19-20-17(24-16)18-15(21)8-6-11-5-7-13-14(9-11)23-10-22-13/h5-9,12H,3-4,10H2,1-2H3,(H,18,20,21)/b8-6+. The van der Waals surface area contributed by atoms with Gasteiger partial charge in [-0.15, -0.1) is 10.2 Å². The van der Waals surface area contributed by atoms with Crippen LogP contribution >= 0.6 is 11.3 Å². The SMILES string of the molecule is CCC(CC)c1nnc(NC(=O)/C=C/c2ccc3c(c2)OCO3)s1. The largest absolute Gasteiger partial charge is 0.454 e. The molecule has 1 N–H and O–H groups in total. The Morgan fingerprint density at radius 2 is 2.08 bits per heavy atom. The van der Waals surface area contributed by atoms with Crippen LogP contribution in [0.25, 0.3) is 6.08 Å². The molecule has 126 valence electrons. The highest BCUT2D eigenvalue weighted by molar-refractivity contribution is 7.15. The van der Waals surface area contributed by atoms with Crippen molar-refractivity contribution in [2.24, 2.45) is 0 Å². The Labute approximate surface area is 144 Å². The van der Waals surface area contributed by atoms with E-state index in [0.717, 1.165) is 29.2 Å². The minimum Gasteiger partial charge on any atom is -0.454 e. The first-order valence-electron chi connectivity index (χ1n) is 7.91. The van der Waals surface area contributed by atoms with Crippen LogP contribution in [0.5, 0.6) is 11.5 Å². The van der Waals surface area contributed by atoms with Gasteiger partial charge >= 0.3 is 0 Å². The second-order valence-corrected chi connectivity index (χ2v) is 6.40. The molecule has 2 heterocycles. The molecule has 1 aromatic heterocycles. The van der Waals surface area contributed by atoms with Crippen molar-refractivity contribution in [3.05, 3.63) is 34.8 Å². The zero-order chi connectivity index (χ0) is 16.9. The maximum atomic E-state index is 12.0. The van der Waals surface area contributed by atoms with Gasteiger partial charge in [0.1, 0.15) is 5.01 Å². The zero-order valence-corrected chi connectivity index (χ0v) is 14.4. The topological polar surface area (TPSA) is 73.3 Å². The summed E-state index contributed by atoms with van der Waals surface area (Å²) in [5.41, 5.74) is 0.865.